The minimum absolute atomic E-state index is 0.276. The fraction of sp³-hybridized carbons (Fsp3) is 0.0625. The maximum Gasteiger partial charge on any atom is 0.259 e. The third kappa shape index (κ3) is 6.94. The molecule has 0 aliphatic heterocycles. The summed E-state index contributed by atoms with van der Waals surface area (Å²) >= 11 is 0. The largest absolute Gasteiger partial charge is 0.399 e. The quantitative estimate of drug-likeness (QED) is 0.140. The van der Waals surface area contributed by atoms with E-state index >= 15 is 0 Å². The first kappa shape index (κ1) is 23.1. The smallest absolute Gasteiger partial charge is 0.259 e. The SMILES string of the molecule is CC(=O)NO.Nc1ccc2onc(N=P)c2c1.[C-]#[N+]c1cc([N+](=O)[O-])ccc1F. The molecule has 0 unspecified atom stereocenters. The molecule has 0 aliphatic carbocycles. The first-order chi connectivity index (χ1) is 13.7. The van der Waals surface area contributed by atoms with Gasteiger partial charge in [0.05, 0.1) is 16.9 Å². The van der Waals surface area contributed by atoms with Crippen molar-refractivity contribution in [1.29, 1.82) is 0 Å². The highest BCUT2D eigenvalue weighted by atomic mass is 31.0. The van der Waals surface area contributed by atoms with Crippen LogP contribution in [0.4, 0.5) is 27.3 Å². The number of hydrogen-bond acceptors (Lipinski definition) is 8. The van der Waals surface area contributed by atoms with Gasteiger partial charge in [0, 0.05) is 24.7 Å². The number of halogens is 1. The number of amides is 1. The number of nitrogens with two attached hydrogens (primary N) is 1. The van der Waals surface area contributed by atoms with Crippen molar-refractivity contribution in [3.63, 3.8) is 0 Å². The molecular formula is C16H14FN6O5P. The van der Waals surface area contributed by atoms with Gasteiger partial charge in [0.15, 0.2) is 5.58 Å². The number of nitro groups is 1. The normalized spacial score (nSPS) is 9.17. The Bertz CT molecular complexity index is 1080. The van der Waals surface area contributed by atoms with Crippen LogP contribution in [0.2, 0.25) is 0 Å². The minimum atomic E-state index is -0.740. The summed E-state index contributed by atoms with van der Waals surface area (Å²) in [5, 5.41) is 22.2. The first-order valence-electron chi connectivity index (χ1n) is 7.47. The monoisotopic (exact) mass is 420 g/mol. The third-order valence-corrected chi connectivity index (χ3v) is 3.21. The van der Waals surface area contributed by atoms with Crippen molar-refractivity contribution in [3.8, 4) is 0 Å². The summed E-state index contributed by atoms with van der Waals surface area (Å²) in [5.74, 6) is -0.672. The lowest BCUT2D eigenvalue weighted by atomic mass is 10.2. The molecule has 1 heterocycles. The molecule has 150 valence electrons. The van der Waals surface area contributed by atoms with E-state index in [1.54, 1.807) is 18.2 Å². The van der Waals surface area contributed by atoms with E-state index in [2.05, 4.69) is 23.8 Å². The van der Waals surface area contributed by atoms with Gasteiger partial charge in [-0.1, -0.05) is 5.16 Å². The van der Waals surface area contributed by atoms with Gasteiger partial charge in [-0.25, -0.2) is 19.5 Å². The van der Waals surface area contributed by atoms with E-state index in [0.717, 1.165) is 23.6 Å². The van der Waals surface area contributed by atoms with E-state index in [9.17, 15) is 19.3 Å². The van der Waals surface area contributed by atoms with Gasteiger partial charge in [-0.2, -0.15) is 0 Å². The predicted octanol–water partition coefficient (Wildman–Crippen LogP) is 4.16. The Morgan fingerprint density at radius 3 is 2.62 bits per heavy atom. The van der Waals surface area contributed by atoms with E-state index in [4.69, 9.17) is 22.0 Å². The first-order valence-corrected chi connectivity index (χ1v) is 7.92. The second kappa shape index (κ2) is 11.0. The lowest BCUT2D eigenvalue weighted by molar-refractivity contribution is -0.384. The Morgan fingerprint density at radius 1 is 1.45 bits per heavy atom. The summed E-state index contributed by atoms with van der Waals surface area (Å²) in [7, 11) is 2.99. The summed E-state index contributed by atoms with van der Waals surface area (Å²) < 4.78 is 21.3. The molecule has 1 amide bonds. The van der Waals surface area contributed by atoms with Gasteiger partial charge in [0.25, 0.3) is 5.69 Å². The van der Waals surface area contributed by atoms with Crippen molar-refractivity contribution in [2.45, 2.75) is 6.92 Å². The van der Waals surface area contributed by atoms with Crippen LogP contribution in [-0.2, 0) is 4.79 Å². The number of carbonyl (C=O) groups is 1. The molecule has 0 radical (unpaired) electrons. The Labute approximate surface area is 165 Å². The minimum Gasteiger partial charge on any atom is -0.399 e. The van der Waals surface area contributed by atoms with Crippen molar-refractivity contribution >= 4 is 48.8 Å². The lowest BCUT2D eigenvalue weighted by Crippen LogP contribution is -2.12. The molecule has 0 fully saturated rings. The molecule has 29 heavy (non-hydrogen) atoms. The molecule has 11 nitrogen and oxygen atoms in total. The van der Waals surface area contributed by atoms with Crippen LogP contribution in [0.25, 0.3) is 15.8 Å². The number of nitrogen functional groups attached to an aromatic ring is 1. The maximum atomic E-state index is 12.6. The van der Waals surface area contributed by atoms with Gasteiger partial charge < -0.3 is 10.3 Å². The molecule has 3 aromatic rings. The highest BCUT2D eigenvalue weighted by Gasteiger charge is 2.09. The molecule has 4 N–H and O–H groups in total. The fourth-order valence-electron chi connectivity index (χ4n) is 1.72. The van der Waals surface area contributed by atoms with E-state index in [1.807, 2.05) is 0 Å². The van der Waals surface area contributed by atoms with E-state index in [1.165, 1.54) is 12.4 Å². The number of nitro benzene ring substituents is 1. The summed E-state index contributed by atoms with van der Waals surface area (Å²) in [6.07, 6.45) is 0. The molecule has 0 bridgehead atoms. The van der Waals surface area contributed by atoms with Crippen molar-refractivity contribution in [3.05, 3.63) is 63.7 Å². The van der Waals surface area contributed by atoms with Crippen LogP contribution >= 0.6 is 9.03 Å². The predicted molar refractivity (Wildman–Crippen MR) is 104 cm³/mol. The molecule has 1 aromatic heterocycles. The van der Waals surface area contributed by atoms with E-state index in [0.29, 0.717) is 17.1 Å². The fourth-order valence-corrected chi connectivity index (χ4v) is 1.89. The van der Waals surface area contributed by atoms with Crippen LogP contribution < -0.4 is 11.2 Å². The molecule has 0 spiro atoms. The number of aromatic nitrogens is 1. The van der Waals surface area contributed by atoms with Crippen LogP contribution in [0.5, 0.6) is 0 Å². The van der Waals surface area contributed by atoms with Gasteiger partial charge in [0.1, 0.15) is 5.82 Å². The number of anilines is 1. The van der Waals surface area contributed by atoms with Gasteiger partial charge >= 0.3 is 0 Å². The zero-order chi connectivity index (χ0) is 22.0. The topological polar surface area (TPSA) is 161 Å². The second-order valence-electron chi connectivity index (χ2n) is 5.05. The Balaban J connectivity index is 0.000000237. The van der Waals surface area contributed by atoms with Crippen LogP contribution in [0.15, 0.2) is 45.7 Å². The molecule has 0 saturated carbocycles. The number of rotatable bonds is 2. The molecular weight excluding hydrogens is 406 g/mol. The molecule has 0 atom stereocenters. The number of nitrogens with zero attached hydrogens (tertiary/aromatic N) is 4. The highest BCUT2D eigenvalue weighted by molar-refractivity contribution is 7.04. The van der Waals surface area contributed by atoms with Crippen LogP contribution in [0.1, 0.15) is 6.92 Å². The molecule has 3 rings (SSSR count). The van der Waals surface area contributed by atoms with Crippen molar-refractivity contribution in [2.75, 3.05) is 5.73 Å². The average molecular weight is 420 g/mol. The Morgan fingerprint density at radius 2 is 2.10 bits per heavy atom. The molecule has 13 heteroatoms. The average Bonchev–Trinajstić information content (AvgIpc) is 3.11. The number of hydrogen-bond donors (Lipinski definition) is 3. The zero-order valence-electron chi connectivity index (χ0n) is 14.8. The lowest BCUT2D eigenvalue weighted by Gasteiger charge is -1.92. The van der Waals surface area contributed by atoms with Crippen molar-refractivity contribution < 1.29 is 23.8 Å². The van der Waals surface area contributed by atoms with Crippen LogP contribution in [0.3, 0.4) is 0 Å². The summed E-state index contributed by atoms with van der Waals surface area (Å²) in [5.41, 5.74) is 7.71. The molecule has 0 saturated heterocycles. The van der Waals surface area contributed by atoms with Crippen molar-refractivity contribution in [2.24, 2.45) is 4.74 Å². The van der Waals surface area contributed by atoms with Crippen LogP contribution in [0, 0.1) is 22.5 Å². The van der Waals surface area contributed by atoms with E-state index < -0.39 is 16.6 Å². The number of benzene rings is 2. The van der Waals surface area contributed by atoms with Gasteiger partial charge in [-0.15, -0.1) is 0 Å². The summed E-state index contributed by atoms with van der Waals surface area (Å²) in [6, 6.07) is 8.12. The van der Waals surface area contributed by atoms with Crippen molar-refractivity contribution in [1.82, 2.24) is 10.6 Å². The molecule has 0 aliphatic rings. The number of fused-ring (bicyclic) bond motifs is 1. The second-order valence-corrected chi connectivity index (χ2v) is 5.27. The third-order valence-electron chi connectivity index (χ3n) is 3.00. The van der Waals surface area contributed by atoms with Gasteiger partial charge in [-0.05, 0) is 33.3 Å². The zero-order valence-corrected chi connectivity index (χ0v) is 15.8. The summed E-state index contributed by atoms with van der Waals surface area (Å²) in [6.45, 7) is 7.71. The van der Waals surface area contributed by atoms with Gasteiger partial charge in [0.2, 0.25) is 17.4 Å². The number of hydroxylamine groups is 1. The van der Waals surface area contributed by atoms with E-state index in [-0.39, 0.29) is 11.4 Å². The number of carbonyl (C=O) groups excluding carboxylic acids is 1. The Kier molecular flexibility index (Phi) is 8.78. The summed E-state index contributed by atoms with van der Waals surface area (Å²) in [4.78, 5) is 21.7. The van der Waals surface area contributed by atoms with Gasteiger partial charge in [-0.3, -0.25) is 20.1 Å². The number of nitrogens with one attached hydrogen (secondary N) is 1. The van der Waals surface area contributed by atoms with Crippen LogP contribution in [-0.4, -0.2) is 21.2 Å². The Hall–Kier alpha value is -3.94. The molecule has 2 aromatic carbocycles. The maximum absolute atomic E-state index is 12.6. The highest BCUT2D eigenvalue weighted by Crippen LogP contribution is 2.27. The standard InChI is InChI=1S/C7H3FN2O2.C7H6N3OP.C2H5NO2/c1-9-7-4-5(10(11)12)2-3-6(7)8;8-4-1-2-6-5(3-4)7(10-12)9-11-6;1-2(4)3-5/h2-4H;1-3,12H,8H2;5H,1H3,(H,3,4). The number of non-ortho nitro benzene ring substituents is 1.